The molecule has 0 bridgehead atoms. The molecular weight excluding hydrogens is 336 g/mol. The van der Waals surface area contributed by atoms with Crippen LogP contribution in [-0.2, 0) is 5.41 Å². The van der Waals surface area contributed by atoms with Crippen molar-refractivity contribution < 1.29 is 0 Å². The molecule has 0 aliphatic heterocycles. The van der Waals surface area contributed by atoms with Crippen molar-refractivity contribution in [1.82, 2.24) is 0 Å². The van der Waals surface area contributed by atoms with Crippen LogP contribution in [0.2, 0.25) is 0 Å². The van der Waals surface area contributed by atoms with Gasteiger partial charge in [-0.05, 0) is 75.5 Å². The molecule has 0 spiro atoms. The summed E-state index contributed by atoms with van der Waals surface area (Å²) in [6.07, 6.45) is 13.3. The van der Waals surface area contributed by atoms with E-state index in [1.165, 1.54) is 38.3 Å². The van der Waals surface area contributed by atoms with E-state index in [4.69, 9.17) is 0 Å². The summed E-state index contributed by atoms with van der Waals surface area (Å²) in [6, 6.07) is 7.02. The summed E-state index contributed by atoms with van der Waals surface area (Å²) in [4.78, 5) is 0. The summed E-state index contributed by atoms with van der Waals surface area (Å²) < 4.78 is 0. The predicted molar refractivity (Wildman–Crippen MR) is 122 cm³/mol. The second-order valence-electron chi connectivity index (χ2n) is 10.9. The topological polar surface area (TPSA) is 0 Å². The van der Waals surface area contributed by atoms with Gasteiger partial charge in [-0.15, -0.1) is 0 Å². The number of hydrogen-bond donors (Lipinski definition) is 0. The minimum atomic E-state index is -0.0322. The first kappa shape index (κ1) is 19.2. The molecule has 0 radical (unpaired) electrons. The molecule has 146 valence electrons. The van der Waals surface area contributed by atoms with Crippen LogP contribution in [0, 0.1) is 10.8 Å². The Morgan fingerprint density at radius 1 is 0.964 bits per heavy atom. The third-order valence-corrected chi connectivity index (χ3v) is 7.12. The van der Waals surface area contributed by atoms with Gasteiger partial charge in [0.15, 0.2) is 0 Å². The van der Waals surface area contributed by atoms with Crippen LogP contribution in [0.1, 0.15) is 67.4 Å². The van der Waals surface area contributed by atoms with E-state index in [9.17, 15) is 0 Å². The fourth-order valence-corrected chi connectivity index (χ4v) is 4.99. The Bertz CT molecular complexity index is 1100. The molecule has 0 heteroatoms. The molecule has 0 nitrogen and oxygen atoms in total. The van der Waals surface area contributed by atoms with Crippen LogP contribution in [-0.4, -0.2) is 0 Å². The van der Waals surface area contributed by atoms with Gasteiger partial charge >= 0.3 is 0 Å². The van der Waals surface area contributed by atoms with Gasteiger partial charge in [-0.2, -0.15) is 0 Å². The van der Waals surface area contributed by atoms with E-state index in [0.717, 1.165) is 6.42 Å². The lowest BCUT2D eigenvalue weighted by Gasteiger charge is -2.45. The zero-order chi connectivity index (χ0) is 20.5. The van der Waals surface area contributed by atoms with Gasteiger partial charge < -0.3 is 0 Å². The van der Waals surface area contributed by atoms with E-state index in [1.54, 1.807) is 5.57 Å². The lowest BCUT2D eigenvalue weighted by Crippen LogP contribution is -2.36. The van der Waals surface area contributed by atoms with Crippen LogP contribution in [0.4, 0.5) is 0 Å². The molecule has 1 aromatic rings. The first-order chi connectivity index (χ1) is 12.9. The van der Waals surface area contributed by atoms with Gasteiger partial charge in [-0.25, -0.2) is 0 Å². The van der Waals surface area contributed by atoms with Gasteiger partial charge in [0.05, 0.1) is 0 Å². The summed E-state index contributed by atoms with van der Waals surface area (Å²) in [5.74, 6) is 0. The van der Waals surface area contributed by atoms with Gasteiger partial charge in [0, 0.05) is 5.41 Å². The molecule has 0 heterocycles. The average Bonchev–Trinajstić information content (AvgIpc) is 3.12. The van der Waals surface area contributed by atoms with Crippen molar-refractivity contribution in [3.05, 3.63) is 80.8 Å². The molecule has 1 unspecified atom stereocenters. The second kappa shape index (κ2) is 5.96. The number of hydrogen-bond acceptors (Lipinski definition) is 0. The Morgan fingerprint density at radius 3 is 2.25 bits per heavy atom. The molecule has 0 N–H and O–H groups in total. The third kappa shape index (κ3) is 2.72. The van der Waals surface area contributed by atoms with Crippen molar-refractivity contribution in [2.45, 2.75) is 67.2 Å². The first-order valence-electron chi connectivity index (χ1n) is 10.6. The molecule has 0 saturated heterocycles. The minimum Gasteiger partial charge on any atom is -0.0772 e. The standard InChI is InChI=1S/C28H34/c1-18-9-12-25(19(18)2)28(27(6,7)8)14-13-24-21(17-28)15-20-16-22(26(3,4)5)10-11-23(20)24/h9-11,13-17H,12H2,1-8H3. The lowest BCUT2D eigenvalue weighted by molar-refractivity contribution is 0.242. The fourth-order valence-electron chi connectivity index (χ4n) is 4.99. The molecule has 0 amide bonds. The summed E-state index contributed by atoms with van der Waals surface area (Å²) in [5, 5.41) is 2.75. The Labute approximate surface area is 170 Å². The maximum absolute atomic E-state index is 2.56. The summed E-state index contributed by atoms with van der Waals surface area (Å²) in [7, 11) is 0. The highest BCUT2D eigenvalue weighted by Gasteiger charge is 2.44. The molecule has 1 atom stereocenters. The molecule has 3 aliphatic rings. The van der Waals surface area contributed by atoms with Crippen LogP contribution in [0.3, 0.4) is 0 Å². The van der Waals surface area contributed by atoms with E-state index in [-0.39, 0.29) is 16.2 Å². The first-order valence-corrected chi connectivity index (χ1v) is 10.6. The van der Waals surface area contributed by atoms with E-state index in [1.807, 2.05) is 0 Å². The Hall–Kier alpha value is -2.08. The Morgan fingerprint density at radius 2 is 1.68 bits per heavy atom. The van der Waals surface area contributed by atoms with Crippen LogP contribution < -0.4 is 10.4 Å². The molecule has 4 rings (SSSR count). The van der Waals surface area contributed by atoms with Crippen molar-refractivity contribution in [2.75, 3.05) is 0 Å². The van der Waals surface area contributed by atoms with Gasteiger partial charge in [-0.3, -0.25) is 0 Å². The Balaban J connectivity index is 1.93. The predicted octanol–water partition coefficient (Wildman–Crippen LogP) is 6.12. The largest absolute Gasteiger partial charge is 0.0772 e. The van der Waals surface area contributed by atoms with Crippen molar-refractivity contribution in [3.8, 4) is 0 Å². The summed E-state index contributed by atoms with van der Waals surface area (Å²) in [6.45, 7) is 18.6. The van der Waals surface area contributed by atoms with Gasteiger partial charge in [-0.1, -0.05) is 89.6 Å². The monoisotopic (exact) mass is 370 g/mol. The average molecular weight is 371 g/mol. The Kier molecular flexibility index (Phi) is 4.10. The smallest absolute Gasteiger partial charge is 0.0340 e. The molecule has 3 aliphatic carbocycles. The minimum absolute atomic E-state index is 0.0322. The SMILES string of the molecule is CC1=CCC(C2(C(C)(C)C)C=CC3=c4ccc(C(C)(C)C)cc4=CC3=C2)=C1C. The molecular formula is C28H34. The highest BCUT2D eigenvalue weighted by molar-refractivity contribution is 5.89. The van der Waals surface area contributed by atoms with E-state index < -0.39 is 0 Å². The van der Waals surface area contributed by atoms with E-state index in [2.05, 4.69) is 104 Å². The lowest BCUT2D eigenvalue weighted by atomic mass is 9.59. The molecule has 0 saturated carbocycles. The molecule has 0 fully saturated rings. The molecule has 1 aromatic carbocycles. The zero-order valence-electron chi connectivity index (χ0n) is 18.8. The number of rotatable bonds is 1. The maximum Gasteiger partial charge on any atom is 0.0340 e. The van der Waals surface area contributed by atoms with E-state index >= 15 is 0 Å². The molecule has 0 aromatic heterocycles. The van der Waals surface area contributed by atoms with Crippen LogP contribution in [0.25, 0.3) is 11.6 Å². The van der Waals surface area contributed by atoms with Crippen LogP contribution >= 0.6 is 0 Å². The molecule has 28 heavy (non-hydrogen) atoms. The highest BCUT2D eigenvalue weighted by Crippen LogP contribution is 2.55. The zero-order valence-corrected chi connectivity index (χ0v) is 18.8. The summed E-state index contributed by atoms with van der Waals surface area (Å²) >= 11 is 0. The normalized spacial score (nSPS) is 24.1. The van der Waals surface area contributed by atoms with E-state index in [0.29, 0.717) is 0 Å². The van der Waals surface area contributed by atoms with Crippen LogP contribution in [0.5, 0.6) is 0 Å². The van der Waals surface area contributed by atoms with Gasteiger partial charge in [0.25, 0.3) is 0 Å². The van der Waals surface area contributed by atoms with Crippen molar-refractivity contribution in [2.24, 2.45) is 10.8 Å². The third-order valence-electron chi connectivity index (χ3n) is 7.12. The summed E-state index contributed by atoms with van der Waals surface area (Å²) in [5.41, 5.74) is 8.93. The quantitative estimate of drug-likeness (QED) is 0.558. The fraction of sp³-hybridized carbons (Fsp3) is 0.429. The number of benzene rings is 1. The van der Waals surface area contributed by atoms with Crippen LogP contribution in [0.15, 0.2) is 64.8 Å². The number of fused-ring (bicyclic) bond motifs is 2. The van der Waals surface area contributed by atoms with Crippen molar-refractivity contribution in [3.63, 3.8) is 0 Å². The van der Waals surface area contributed by atoms with Crippen molar-refractivity contribution >= 4 is 11.6 Å². The van der Waals surface area contributed by atoms with Crippen molar-refractivity contribution in [1.29, 1.82) is 0 Å². The maximum atomic E-state index is 2.56. The van der Waals surface area contributed by atoms with Gasteiger partial charge in [0.1, 0.15) is 0 Å². The number of allylic oxidation sites excluding steroid dienone is 8. The van der Waals surface area contributed by atoms with Gasteiger partial charge in [0.2, 0.25) is 0 Å². The second-order valence-corrected chi connectivity index (χ2v) is 10.9. The highest BCUT2D eigenvalue weighted by atomic mass is 14.5.